The number of benzene rings is 1. The van der Waals surface area contributed by atoms with Crippen LogP contribution in [0.2, 0.25) is 4.34 Å². The van der Waals surface area contributed by atoms with Crippen molar-refractivity contribution in [3.8, 4) is 11.5 Å². The average molecular weight is 467 g/mol. The first-order chi connectivity index (χ1) is 14.3. The molecule has 30 heavy (non-hydrogen) atoms. The van der Waals surface area contributed by atoms with Gasteiger partial charge in [0.25, 0.3) is 10.0 Å². The van der Waals surface area contributed by atoms with Gasteiger partial charge in [0.05, 0.1) is 4.34 Å². The molecule has 2 aromatic heterocycles. The van der Waals surface area contributed by atoms with E-state index in [1.807, 2.05) is 32.0 Å². The third-order valence-corrected chi connectivity index (χ3v) is 8.63. The van der Waals surface area contributed by atoms with Gasteiger partial charge in [0.15, 0.2) is 0 Å². The van der Waals surface area contributed by atoms with Crippen molar-refractivity contribution in [1.82, 2.24) is 14.5 Å². The number of nitrogens with one attached hydrogen (secondary N) is 1. The van der Waals surface area contributed by atoms with Gasteiger partial charge in [-0.25, -0.2) is 8.42 Å². The number of carbonyl (C=O) groups excluding carboxylic acids is 1. The third-order valence-electron chi connectivity index (χ3n) is 5.03. The van der Waals surface area contributed by atoms with Crippen molar-refractivity contribution in [3.63, 3.8) is 0 Å². The highest BCUT2D eigenvalue weighted by Crippen LogP contribution is 2.32. The van der Waals surface area contributed by atoms with Gasteiger partial charge in [-0.05, 0) is 62.1 Å². The SMILES string of the molecule is Cc1ccc(-c2nnc(NC(=O)C3CCCN3S(=O)(=O)c3ccc(Cl)s3)o2)cc1C. The number of aromatic nitrogens is 2. The summed E-state index contributed by atoms with van der Waals surface area (Å²) in [5, 5.41) is 10.4. The van der Waals surface area contributed by atoms with E-state index in [4.69, 9.17) is 16.0 Å². The molecule has 0 bridgehead atoms. The first kappa shape index (κ1) is 21.0. The van der Waals surface area contributed by atoms with E-state index in [2.05, 4.69) is 15.5 Å². The van der Waals surface area contributed by atoms with Gasteiger partial charge in [-0.3, -0.25) is 10.1 Å². The Morgan fingerprint density at radius 1 is 1.23 bits per heavy atom. The number of carbonyl (C=O) groups is 1. The molecule has 1 aliphatic rings. The van der Waals surface area contributed by atoms with E-state index in [1.165, 1.54) is 16.4 Å². The smallest absolute Gasteiger partial charge is 0.322 e. The van der Waals surface area contributed by atoms with Crippen LogP contribution in [0.1, 0.15) is 24.0 Å². The highest BCUT2D eigenvalue weighted by atomic mass is 35.5. The highest BCUT2D eigenvalue weighted by Gasteiger charge is 2.40. The number of halogens is 1. The van der Waals surface area contributed by atoms with Crippen molar-refractivity contribution in [2.45, 2.75) is 36.9 Å². The summed E-state index contributed by atoms with van der Waals surface area (Å²) in [4.78, 5) is 12.8. The predicted molar refractivity (Wildman–Crippen MR) is 114 cm³/mol. The summed E-state index contributed by atoms with van der Waals surface area (Å²) in [7, 11) is -3.81. The summed E-state index contributed by atoms with van der Waals surface area (Å²) in [6.45, 7) is 4.24. The fourth-order valence-electron chi connectivity index (χ4n) is 3.30. The molecule has 1 fully saturated rings. The van der Waals surface area contributed by atoms with Crippen molar-refractivity contribution < 1.29 is 17.6 Å². The number of thiophene rings is 1. The van der Waals surface area contributed by atoms with Crippen LogP contribution < -0.4 is 5.32 Å². The fourth-order valence-corrected chi connectivity index (χ4v) is 6.56. The summed E-state index contributed by atoms with van der Waals surface area (Å²) in [5.41, 5.74) is 2.96. The summed E-state index contributed by atoms with van der Waals surface area (Å²) < 4.78 is 33.1. The highest BCUT2D eigenvalue weighted by molar-refractivity contribution is 7.91. The van der Waals surface area contributed by atoms with E-state index in [-0.39, 0.29) is 22.7 Å². The topological polar surface area (TPSA) is 105 Å². The van der Waals surface area contributed by atoms with Gasteiger partial charge >= 0.3 is 6.01 Å². The van der Waals surface area contributed by atoms with E-state index in [9.17, 15) is 13.2 Å². The maximum atomic E-state index is 12.9. The number of aryl methyl sites for hydroxylation is 2. The third kappa shape index (κ3) is 4.00. The molecule has 1 amide bonds. The maximum absolute atomic E-state index is 12.9. The van der Waals surface area contributed by atoms with Crippen LogP contribution in [0.4, 0.5) is 6.01 Å². The lowest BCUT2D eigenvalue weighted by Crippen LogP contribution is -2.42. The van der Waals surface area contributed by atoms with Gasteiger partial charge in [-0.1, -0.05) is 22.8 Å². The number of hydrogen-bond donors (Lipinski definition) is 1. The molecular weight excluding hydrogens is 448 g/mol. The molecule has 8 nitrogen and oxygen atoms in total. The first-order valence-corrected chi connectivity index (χ1v) is 11.9. The van der Waals surface area contributed by atoms with Gasteiger partial charge in [0.1, 0.15) is 10.3 Å². The minimum atomic E-state index is -3.81. The fraction of sp³-hybridized carbons (Fsp3) is 0.316. The van der Waals surface area contributed by atoms with Crippen LogP contribution in [0.25, 0.3) is 11.5 Å². The molecule has 158 valence electrons. The molecule has 0 saturated carbocycles. The Labute approximate surface area is 182 Å². The van der Waals surface area contributed by atoms with Crippen LogP contribution >= 0.6 is 22.9 Å². The maximum Gasteiger partial charge on any atom is 0.322 e. The lowest BCUT2D eigenvalue weighted by Gasteiger charge is -2.21. The normalized spacial score (nSPS) is 17.4. The number of anilines is 1. The molecule has 3 heterocycles. The largest absolute Gasteiger partial charge is 0.403 e. The summed E-state index contributed by atoms with van der Waals surface area (Å²) in [6, 6.07) is 7.78. The summed E-state index contributed by atoms with van der Waals surface area (Å²) in [6.07, 6.45) is 0.983. The number of amides is 1. The molecule has 11 heteroatoms. The van der Waals surface area contributed by atoms with E-state index < -0.39 is 22.0 Å². The van der Waals surface area contributed by atoms with Crippen molar-refractivity contribution in [1.29, 1.82) is 0 Å². The van der Waals surface area contributed by atoms with Gasteiger partial charge in [-0.15, -0.1) is 16.4 Å². The van der Waals surface area contributed by atoms with E-state index in [1.54, 1.807) is 0 Å². The minimum Gasteiger partial charge on any atom is -0.403 e. The second kappa shape index (κ2) is 8.10. The molecular formula is C19H19ClN4O4S2. The van der Waals surface area contributed by atoms with Crippen molar-refractivity contribution in [2.75, 3.05) is 11.9 Å². The average Bonchev–Trinajstić information content (AvgIpc) is 3.44. The van der Waals surface area contributed by atoms with Crippen molar-refractivity contribution in [3.05, 3.63) is 45.8 Å². The first-order valence-electron chi connectivity index (χ1n) is 9.25. The van der Waals surface area contributed by atoms with Crippen LogP contribution in [0.15, 0.2) is 39.0 Å². The Kier molecular flexibility index (Phi) is 5.67. The zero-order valence-electron chi connectivity index (χ0n) is 16.3. The number of sulfonamides is 1. The molecule has 3 aromatic rings. The second-order valence-electron chi connectivity index (χ2n) is 7.03. The number of rotatable bonds is 5. The van der Waals surface area contributed by atoms with Gasteiger partial charge in [-0.2, -0.15) is 4.31 Å². The van der Waals surface area contributed by atoms with E-state index in [0.29, 0.717) is 17.2 Å². The lowest BCUT2D eigenvalue weighted by atomic mass is 10.1. The minimum absolute atomic E-state index is 0.0726. The van der Waals surface area contributed by atoms with E-state index in [0.717, 1.165) is 28.0 Å². The Hall–Kier alpha value is -2.27. The van der Waals surface area contributed by atoms with Gasteiger partial charge in [0.2, 0.25) is 11.8 Å². The Morgan fingerprint density at radius 2 is 2.03 bits per heavy atom. The quantitative estimate of drug-likeness (QED) is 0.612. The van der Waals surface area contributed by atoms with Gasteiger partial charge < -0.3 is 4.42 Å². The lowest BCUT2D eigenvalue weighted by molar-refractivity contribution is -0.119. The Balaban J connectivity index is 1.51. The monoisotopic (exact) mass is 466 g/mol. The molecule has 1 saturated heterocycles. The van der Waals surface area contributed by atoms with Crippen LogP contribution in [0.5, 0.6) is 0 Å². The van der Waals surface area contributed by atoms with E-state index >= 15 is 0 Å². The second-order valence-corrected chi connectivity index (χ2v) is 10.9. The molecule has 1 N–H and O–H groups in total. The predicted octanol–water partition coefficient (Wildman–Crippen LogP) is 3.86. The zero-order valence-corrected chi connectivity index (χ0v) is 18.6. The van der Waals surface area contributed by atoms with Crippen LogP contribution in [0, 0.1) is 13.8 Å². The van der Waals surface area contributed by atoms with Crippen molar-refractivity contribution >= 4 is 44.9 Å². The molecule has 0 aliphatic carbocycles. The van der Waals surface area contributed by atoms with Crippen LogP contribution in [-0.2, 0) is 14.8 Å². The molecule has 1 aromatic carbocycles. The van der Waals surface area contributed by atoms with Gasteiger partial charge in [0, 0.05) is 12.1 Å². The standard InChI is InChI=1S/C19H19ClN4O4S2/c1-11-5-6-13(10-12(11)2)18-22-23-19(28-18)21-17(25)14-4-3-9-24(14)30(26,27)16-8-7-15(20)29-16/h5-8,10,14H,3-4,9H2,1-2H3,(H,21,23,25). The molecule has 0 spiro atoms. The number of nitrogens with zero attached hydrogens (tertiary/aromatic N) is 3. The number of hydrogen-bond acceptors (Lipinski definition) is 7. The van der Waals surface area contributed by atoms with Crippen molar-refractivity contribution in [2.24, 2.45) is 0 Å². The molecule has 1 atom stereocenters. The Bertz CT molecular complexity index is 1200. The zero-order chi connectivity index (χ0) is 21.5. The Morgan fingerprint density at radius 3 is 2.73 bits per heavy atom. The van der Waals surface area contributed by atoms with Crippen LogP contribution in [-0.4, -0.2) is 41.4 Å². The summed E-state index contributed by atoms with van der Waals surface area (Å²) >= 11 is 6.84. The molecule has 1 unspecified atom stereocenters. The molecule has 4 rings (SSSR count). The molecule has 1 aliphatic heterocycles. The molecule has 0 radical (unpaired) electrons. The summed E-state index contributed by atoms with van der Waals surface area (Å²) in [5.74, 6) is -0.230. The van der Waals surface area contributed by atoms with Crippen LogP contribution in [0.3, 0.4) is 0 Å².